The van der Waals surface area contributed by atoms with Gasteiger partial charge in [-0.1, -0.05) is 84.0 Å². The highest BCUT2D eigenvalue weighted by Crippen LogP contribution is 2.26. The Hall–Kier alpha value is -0.380. The average molecular weight is 387 g/mol. The van der Waals surface area contributed by atoms with Crippen LogP contribution >= 0.6 is 0 Å². The minimum absolute atomic E-state index is 0.0698. The maximum absolute atomic E-state index is 12.6. The summed E-state index contributed by atoms with van der Waals surface area (Å²) in [6.45, 7) is 3.72. The van der Waals surface area contributed by atoms with E-state index in [1.54, 1.807) is 0 Å². The monoisotopic (exact) mass is 386 g/mol. The molecular weight excluding hydrogens is 344 g/mol. The van der Waals surface area contributed by atoms with Crippen LogP contribution in [0, 0.1) is 0 Å². The molecule has 3 atom stereocenters. The first kappa shape index (κ1) is 23.7. The summed E-state index contributed by atoms with van der Waals surface area (Å²) in [4.78, 5) is 11.2. The molecule has 1 fully saturated rings. The molecule has 4 heteroatoms. The van der Waals surface area contributed by atoms with Gasteiger partial charge in [0.05, 0.1) is 5.25 Å². The molecule has 3 nitrogen and oxygen atoms in total. The van der Waals surface area contributed by atoms with Gasteiger partial charge in [0.1, 0.15) is 6.10 Å². The number of ether oxygens (including phenoxy) is 1. The molecule has 26 heavy (non-hydrogen) atoms. The van der Waals surface area contributed by atoms with Gasteiger partial charge in [0.15, 0.2) is 0 Å². The fourth-order valence-electron chi connectivity index (χ4n) is 3.95. The smallest absolute Gasteiger partial charge is 0.302 e. The van der Waals surface area contributed by atoms with Crippen LogP contribution in [-0.4, -0.2) is 27.3 Å². The zero-order valence-corrected chi connectivity index (χ0v) is 18.1. The molecular formula is C22H42O3S. The van der Waals surface area contributed by atoms with Gasteiger partial charge >= 0.3 is 5.97 Å². The van der Waals surface area contributed by atoms with Gasteiger partial charge in [0.25, 0.3) is 0 Å². The molecule has 0 bridgehead atoms. The number of rotatable bonds is 15. The number of hydrogen-bond acceptors (Lipinski definition) is 3. The van der Waals surface area contributed by atoms with E-state index in [4.69, 9.17) is 4.74 Å². The third-order valence-corrected chi connectivity index (χ3v) is 7.40. The Morgan fingerprint density at radius 1 is 0.846 bits per heavy atom. The predicted molar refractivity (Wildman–Crippen MR) is 112 cm³/mol. The highest BCUT2D eigenvalue weighted by Gasteiger charge is 2.31. The van der Waals surface area contributed by atoms with Gasteiger partial charge in [-0.15, -0.1) is 0 Å². The summed E-state index contributed by atoms with van der Waals surface area (Å²) in [5.74, 6) is 0.545. The van der Waals surface area contributed by atoms with Crippen LogP contribution in [0.1, 0.15) is 117 Å². The molecule has 154 valence electrons. The minimum Gasteiger partial charge on any atom is -0.461 e. The minimum atomic E-state index is -0.845. The van der Waals surface area contributed by atoms with E-state index in [-0.39, 0.29) is 17.3 Å². The second-order valence-electron chi connectivity index (χ2n) is 7.94. The second-order valence-corrected chi connectivity index (χ2v) is 9.72. The van der Waals surface area contributed by atoms with Gasteiger partial charge in [0.2, 0.25) is 0 Å². The Bertz CT molecular complexity index is 384. The molecule has 1 aliphatic carbocycles. The summed E-state index contributed by atoms with van der Waals surface area (Å²) in [6, 6.07) is 0. The largest absolute Gasteiger partial charge is 0.461 e. The van der Waals surface area contributed by atoms with E-state index in [2.05, 4.69) is 6.92 Å². The molecule has 0 amide bonds. The zero-order chi connectivity index (χ0) is 19.0. The van der Waals surface area contributed by atoms with E-state index in [0.717, 1.165) is 37.9 Å². The second kappa shape index (κ2) is 15.7. The first-order valence-electron chi connectivity index (χ1n) is 11.2. The summed E-state index contributed by atoms with van der Waals surface area (Å²) in [6.07, 6.45) is 19.8. The van der Waals surface area contributed by atoms with Gasteiger partial charge in [-0.3, -0.25) is 9.00 Å². The van der Waals surface area contributed by atoms with Crippen molar-refractivity contribution >= 4 is 16.8 Å². The molecule has 1 aliphatic rings. The standard InChI is InChI=1S/C22H42O3S/c1-3-4-5-6-7-8-9-10-11-12-13-16-19-26(24)22-18-15-14-17-21(22)25-20(2)23/h21-22H,3-19H2,1-2H3/t21-,22-,26+/m0/s1. The topological polar surface area (TPSA) is 43.4 Å². The van der Waals surface area contributed by atoms with Crippen LogP contribution in [0.15, 0.2) is 0 Å². The number of carbonyl (C=O) groups is 1. The van der Waals surface area contributed by atoms with E-state index < -0.39 is 10.8 Å². The van der Waals surface area contributed by atoms with Crippen LogP contribution in [-0.2, 0) is 20.3 Å². The van der Waals surface area contributed by atoms with Gasteiger partial charge in [0, 0.05) is 23.5 Å². The van der Waals surface area contributed by atoms with Crippen molar-refractivity contribution in [3.05, 3.63) is 0 Å². The molecule has 0 N–H and O–H groups in total. The van der Waals surface area contributed by atoms with E-state index >= 15 is 0 Å². The third-order valence-electron chi connectivity index (χ3n) is 5.50. The van der Waals surface area contributed by atoms with Crippen LogP contribution in [0.3, 0.4) is 0 Å². The molecule has 0 heterocycles. The number of hydrogen-bond donors (Lipinski definition) is 0. The van der Waals surface area contributed by atoms with Crippen LogP contribution in [0.4, 0.5) is 0 Å². The third kappa shape index (κ3) is 11.4. The Morgan fingerprint density at radius 2 is 1.35 bits per heavy atom. The highest BCUT2D eigenvalue weighted by molar-refractivity contribution is 7.85. The van der Waals surface area contributed by atoms with Crippen LogP contribution < -0.4 is 0 Å². The summed E-state index contributed by atoms with van der Waals surface area (Å²) in [5, 5.41) is 0.0698. The van der Waals surface area contributed by atoms with Crippen molar-refractivity contribution < 1.29 is 13.7 Å². The molecule has 0 aromatic carbocycles. The molecule has 1 rings (SSSR count). The number of carbonyl (C=O) groups excluding carboxylic acids is 1. The maximum Gasteiger partial charge on any atom is 0.302 e. The van der Waals surface area contributed by atoms with Gasteiger partial charge in [-0.05, 0) is 25.7 Å². The molecule has 0 aliphatic heterocycles. The molecule has 0 spiro atoms. The number of unbranched alkanes of at least 4 members (excludes halogenated alkanes) is 11. The normalized spacial score (nSPS) is 21.5. The molecule has 1 saturated carbocycles. The molecule has 0 aromatic heterocycles. The molecule has 0 aromatic rings. The van der Waals surface area contributed by atoms with Crippen molar-refractivity contribution in [3.8, 4) is 0 Å². The fourth-order valence-corrected chi connectivity index (χ4v) is 5.70. The first-order chi connectivity index (χ1) is 12.6. The van der Waals surface area contributed by atoms with E-state index in [0.29, 0.717) is 0 Å². The van der Waals surface area contributed by atoms with Gasteiger partial charge in [-0.2, -0.15) is 0 Å². The Balaban J connectivity index is 1.99. The van der Waals surface area contributed by atoms with Crippen LogP contribution in [0.2, 0.25) is 0 Å². The quantitative estimate of drug-likeness (QED) is 0.245. The lowest BCUT2D eigenvalue weighted by Gasteiger charge is -2.30. The summed E-state index contributed by atoms with van der Waals surface area (Å²) in [7, 11) is -0.845. The lowest BCUT2D eigenvalue weighted by Crippen LogP contribution is -2.37. The van der Waals surface area contributed by atoms with Gasteiger partial charge in [-0.25, -0.2) is 0 Å². The van der Waals surface area contributed by atoms with Crippen molar-refractivity contribution in [1.82, 2.24) is 0 Å². The highest BCUT2D eigenvalue weighted by atomic mass is 32.2. The number of esters is 1. The molecule has 0 radical (unpaired) electrons. The zero-order valence-electron chi connectivity index (χ0n) is 17.3. The van der Waals surface area contributed by atoms with Crippen molar-refractivity contribution in [1.29, 1.82) is 0 Å². The molecule has 0 unspecified atom stereocenters. The Kier molecular flexibility index (Phi) is 14.2. The van der Waals surface area contributed by atoms with E-state index in [1.165, 1.54) is 77.6 Å². The Morgan fingerprint density at radius 3 is 1.88 bits per heavy atom. The van der Waals surface area contributed by atoms with E-state index in [9.17, 15) is 9.00 Å². The summed E-state index contributed by atoms with van der Waals surface area (Å²) >= 11 is 0. The Labute approximate surface area is 164 Å². The molecule has 0 saturated heterocycles. The van der Waals surface area contributed by atoms with Crippen molar-refractivity contribution in [2.24, 2.45) is 0 Å². The lowest BCUT2D eigenvalue weighted by molar-refractivity contribution is -0.147. The average Bonchev–Trinajstić information content (AvgIpc) is 2.62. The summed E-state index contributed by atoms with van der Waals surface area (Å²) < 4.78 is 18.0. The van der Waals surface area contributed by atoms with Crippen molar-refractivity contribution in [3.63, 3.8) is 0 Å². The lowest BCUT2D eigenvalue weighted by atomic mass is 9.97. The fraction of sp³-hybridized carbons (Fsp3) is 0.955. The van der Waals surface area contributed by atoms with Crippen molar-refractivity contribution in [2.45, 2.75) is 128 Å². The predicted octanol–water partition coefficient (Wildman–Crippen LogP) is 6.31. The van der Waals surface area contributed by atoms with Crippen molar-refractivity contribution in [2.75, 3.05) is 5.75 Å². The van der Waals surface area contributed by atoms with E-state index in [1.807, 2.05) is 0 Å². The maximum atomic E-state index is 12.6. The van der Waals surface area contributed by atoms with Crippen LogP contribution in [0.5, 0.6) is 0 Å². The summed E-state index contributed by atoms with van der Waals surface area (Å²) in [5.41, 5.74) is 0. The van der Waals surface area contributed by atoms with Gasteiger partial charge < -0.3 is 4.74 Å². The SMILES string of the molecule is CCCCCCCCCCCCCC[S@@](=O)[C@H]1CCCC[C@@H]1OC(C)=O. The van der Waals surface area contributed by atoms with Crippen LogP contribution in [0.25, 0.3) is 0 Å². The first-order valence-corrected chi connectivity index (χ1v) is 12.6.